The predicted molar refractivity (Wildman–Crippen MR) is 592 cm³/mol. The highest BCUT2D eigenvalue weighted by molar-refractivity contribution is 7.78. The lowest BCUT2D eigenvalue weighted by Crippen LogP contribution is -2.64. The van der Waals surface area contributed by atoms with Gasteiger partial charge >= 0.3 is 29.9 Å². The monoisotopic (exact) mass is 2050 g/mol. The van der Waals surface area contributed by atoms with E-state index in [9.17, 15) is 48.3 Å². The number of ketones is 1. The van der Waals surface area contributed by atoms with Crippen molar-refractivity contribution in [2.75, 3.05) is 33.9 Å². The first kappa shape index (κ1) is 129. The number of hydrogen-bond acceptors (Lipinski definition) is 21. The zero-order valence-electron chi connectivity index (χ0n) is 94.3. The summed E-state index contributed by atoms with van der Waals surface area (Å²) in [6.07, 6.45) is 39.2. The summed E-state index contributed by atoms with van der Waals surface area (Å²) in [5.41, 5.74) is 16.5. The summed E-state index contributed by atoms with van der Waals surface area (Å²) in [6, 6.07) is 25.9. The molecule has 0 radical (unpaired) electrons. The Kier molecular flexibility index (Phi) is 54.0. The molecule has 15 atom stereocenters. The first-order valence-electron chi connectivity index (χ1n) is 53.1. The van der Waals surface area contributed by atoms with E-state index in [1.165, 1.54) is 99.0 Å². The minimum atomic E-state index is -1.08. The van der Waals surface area contributed by atoms with Crippen molar-refractivity contribution in [1.82, 2.24) is 41.2 Å². The number of rotatable bonds is 29. The second-order valence-corrected chi connectivity index (χ2v) is 46.3. The van der Waals surface area contributed by atoms with Crippen LogP contribution in [0.5, 0.6) is 5.88 Å². The van der Waals surface area contributed by atoms with Gasteiger partial charge in [-0.15, -0.1) is 13.2 Å². The summed E-state index contributed by atoms with van der Waals surface area (Å²) in [5, 5.41) is 30.0. The van der Waals surface area contributed by atoms with Crippen molar-refractivity contribution in [2.24, 2.45) is 91.6 Å². The molecule has 5 saturated carbocycles. The summed E-state index contributed by atoms with van der Waals surface area (Å²) in [5.74, 6) is 4.65. The second-order valence-electron chi connectivity index (χ2n) is 46.1. The first-order chi connectivity index (χ1) is 68.9. The summed E-state index contributed by atoms with van der Waals surface area (Å²) in [4.78, 5) is 118. The van der Waals surface area contributed by atoms with Crippen LogP contribution in [0.1, 0.15) is 328 Å². The Balaban J connectivity index is 0.000000341. The SMILES string of the molecule is C=CC(C)Cc1ccc(C(C)(C)C)cc1.C=CCCC(=O)/C=C/C1C(C)=CCCC1(C)C.CC(=O)NC1NC(=O)NC1=O.CC(=O)OC1(C)CCCC(C)(C)C12CCC(C)O2.CC1C2CC(CC2C2CCCC(O)C2)C1(C)C.CCOC(=O)C1C(C=C(C)C)C1(C)C.COC(=O)Cc1ccc(C(C)(C)C)cc1.COc1nccnc1CC(C)C.NCCC(=O)N[C@@H](Cc1cnc[nH]1)C(=O)O.S=C=NCCCc1ccccc1. The number of urea groups is 1. The Hall–Kier alpha value is -10.4. The Bertz CT molecular complexity index is 5080. The second kappa shape index (κ2) is 61.6. The van der Waals surface area contributed by atoms with Gasteiger partial charge in [0.1, 0.15) is 22.9 Å². The van der Waals surface area contributed by atoms with Crippen molar-refractivity contribution >= 4 is 70.8 Å². The number of aromatic nitrogens is 4. The Morgan fingerprint density at radius 3 is 1.88 bits per heavy atom. The molecule has 9 N–H and O–H groups in total. The number of nitrogens with one attached hydrogen (secondary N) is 5. The lowest BCUT2D eigenvalue weighted by Gasteiger charge is -2.57. The lowest BCUT2D eigenvalue weighted by molar-refractivity contribution is -0.251. The third kappa shape index (κ3) is 42.8. The number of esters is 3. The Morgan fingerprint density at radius 2 is 1.39 bits per heavy atom. The Labute approximate surface area is 886 Å². The van der Waals surface area contributed by atoms with Gasteiger partial charge in [-0.05, 0) is 277 Å². The van der Waals surface area contributed by atoms with Crippen LogP contribution in [0.15, 0.2) is 170 Å². The van der Waals surface area contributed by atoms with E-state index in [2.05, 4.69) is 314 Å². The van der Waals surface area contributed by atoms with Crippen LogP contribution in [0.4, 0.5) is 4.79 Å². The van der Waals surface area contributed by atoms with E-state index in [0.29, 0.717) is 60.1 Å². The number of aliphatic hydroxyl groups is 1. The highest BCUT2D eigenvalue weighted by atomic mass is 32.1. The fraction of sp³-hybridized carbons (Fsp3) is 0.625. The van der Waals surface area contributed by atoms with Gasteiger partial charge in [-0.3, -0.25) is 43.9 Å². The maximum absolute atomic E-state index is 11.6. The molecule has 14 unspecified atom stereocenters. The lowest BCUT2D eigenvalue weighted by atomic mass is 9.57. The molecular weight excluding hydrogens is 1870 g/mol. The van der Waals surface area contributed by atoms with E-state index in [4.69, 9.17) is 29.8 Å². The molecule has 5 aromatic rings. The molecule has 816 valence electrons. The number of imide groups is 1. The molecule has 8 aliphatic rings. The van der Waals surface area contributed by atoms with Crippen molar-refractivity contribution in [3.63, 3.8) is 0 Å². The summed E-state index contributed by atoms with van der Waals surface area (Å²) >= 11 is 4.47. The maximum Gasteiger partial charge on any atom is 0.326 e. The van der Waals surface area contributed by atoms with Gasteiger partial charge in [-0.25, -0.2) is 24.5 Å². The minimum absolute atomic E-state index is 0.0104. The van der Waals surface area contributed by atoms with Crippen LogP contribution in [0.2, 0.25) is 0 Å². The highest BCUT2D eigenvalue weighted by Crippen LogP contribution is 2.65. The summed E-state index contributed by atoms with van der Waals surface area (Å²) < 4.78 is 26.8. The van der Waals surface area contributed by atoms with Crippen molar-refractivity contribution in [3.05, 3.63) is 204 Å². The van der Waals surface area contributed by atoms with Crippen LogP contribution in [-0.4, -0.2) is 158 Å². The number of isothiocyanates is 1. The number of benzene rings is 3. The van der Waals surface area contributed by atoms with E-state index < -0.39 is 35.7 Å². The zero-order valence-corrected chi connectivity index (χ0v) is 95.2. The number of H-pyrrole nitrogens is 1. The van der Waals surface area contributed by atoms with Gasteiger partial charge in [0.25, 0.3) is 5.91 Å². The van der Waals surface area contributed by atoms with E-state index in [1.807, 2.05) is 36.5 Å². The molecule has 6 aliphatic carbocycles. The number of imidazole rings is 1. The molecule has 5 amide bonds. The van der Waals surface area contributed by atoms with Gasteiger partial charge < -0.3 is 60.6 Å². The molecule has 7 fully saturated rings. The van der Waals surface area contributed by atoms with Crippen LogP contribution < -0.4 is 31.7 Å². The third-order valence-corrected chi connectivity index (χ3v) is 30.1. The molecule has 2 bridgehead atoms. The number of aliphatic hydroxyl groups excluding tert-OH is 1. The normalized spacial score (nSPS) is 23.9. The number of allylic oxidation sites excluding steroid dienone is 8. The molecule has 3 aromatic carbocycles. The van der Waals surface area contributed by atoms with Crippen LogP contribution in [-0.2, 0) is 100 Å². The molecule has 13 rings (SSSR count). The molecule has 147 heavy (non-hydrogen) atoms. The predicted octanol–water partition coefficient (Wildman–Crippen LogP) is 23.2. The summed E-state index contributed by atoms with van der Waals surface area (Å²) in [7, 11) is 3.03. The number of thiocarbonyl (C=S) groups is 1. The molecule has 2 aromatic heterocycles. The summed E-state index contributed by atoms with van der Waals surface area (Å²) in [6.45, 7) is 64.5. The number of hydrogen-bond donors (Lipinski definition) is 8. The number of methoxy groups -OCH3 is 2. The van der Waals surface area contributed by atoms with E-state index in [1.54, 1.807) is 31.7 Å². The number of aryl methyl sites for hydroxylation is 1. The van der Waals surface area contributed by atoms with Gasteiger partial charge in [0, 0.05) is 76.4 Å². The number of carbonyl (C=O) groups excluding carboxylic acids is 8. The van der Waals surface area contributed by atoms with Crippen molar-refractivity contribution < 1.29 is 77.0 Å². The van der Waals surface area contributed by atoms with Crippen LogP contribution in [0.25, 0.3) is 0 Å². The third-order valence-electron chi connectivity index (χ3n) is 30.0. The van der Waals surface area contributed by atoms with Crippen molar-refractivity contribution in [1.29, 1.82) is 0 Å². The van der Waals surface area contributed by atoms with Crippen molar-refractivity contribution in [2.45, 2.75) is 368 Å². The largest absolute Gasteiger partial charge is 0.480 e. The van der Waals surface area contributed by atoms with Crippen LogP contribution in [0.3, 0.4) is 0 Å². The van der Waals surface area contributed by atoms with Gasteiger partial charge in [-0.2, -0.15) is 0 Å². The molecule has 4 heterocycles. The average Bonchev–Trinajstić information content (AvgIpc) is 1.63. The van der Waals surface area contributed by atoms with E-state index in [-0.39, 0.29) is 106 Å². The number of amides is 5. The highest BCUT2D eigenvalue weighted by Gasteiger charge is 2.65. The van der Waals surface area contributed by atoms with Crippen LogP contribution in [0, 0.1) is 80.8 Å². The Morgan fingerprint density at radius 1 is 0.762 bits per heavy atom. The smallest absolute Gasteiger partial charge is 0.326 e. The number of aromatic amines is 1. The van der Waals surface area contributed by atoms with Gasteiger partial charge in [0.2, 0.25) is 17.7 Å². The van der Waals surface area contributed by atoms with Crippen LogP contribution >= 0.6 is 12.2 Å². The average molecular weight is 2050 g/mol. The fourth-order valence-corrected chi connectivity index (χ4v) is 21.2. The quantitative estimate of drug-likeness (QED) is 0.00322. The fourth-order valence-electron chi connectivity index (χ4n) is 21.1. The van der Waals surface area contributed by atoms with E-state index >= 15 is 0 Å². The van der Waals surface area contributed by atoms with E-state index in [0.717, 1.165) is 131 Å². The number of nitrogens with two attached hydrogens (primary N) is 1. The zero-order chi connectivity index (χ0) is 111. The topological polar surface area (TPSA) is 381 Å². The number of fused-ring (bicyclic) bond motifs is 2. The number of nitrogens with zero attached hydrogens (tertiary/aromatic N) is 4. The number of carboxylic acid groups (broad SMARTS) is 1. The number of ether oxygens (including phenoxy) is 5. The minimum Gasteiger partial charge on any atom is -0.480 e. The maximum atomic E-state index is 11.6. The van der Waals surface area contributed by atoms with Gasteiger partial charge in [0.15, 0.2) is 11.9 Å². The molecule has 27 heteroatoms. The number of aliphatic carboxylic acids is 1. The molecular formula is C120H184N10O16S. The van der Waals surface area contributed by atoms with Gasteiger partial charge in [-0.1, -0.05) is 251 Å². The number of carboxylic acids is 1. The molecule has 1 spiro atoms. The van der Waals surface area contributed by atoms with Gasteiger partial charge in [0.05, 0.1) is 56.9 Å². The first-order valence-corrected chi connectivity index (χ1v) is 53.5. The molecule has 2 saturated heterocycles. The van der Waals surface area contributed by atoms with Crippen molar-refractivity contribution in [3.8, 4) is 5.88 Å². The molecule has 26 nitrogen and oxygen atoms in total. The standard InChI is InChI=1S/C16H28O.C16H24O.C15H26O3.C15H22.C13H18O2.C12H20O2.C10H11NS.C9H14N4O3.C9H14N2O.C5H7N3O3/c1-10-14-8-12(16(10,2)3)9-15(14)11-5-4-6-13(17)7-11;1-5-6-9-14(17)10-11-15-13(2)8-7-12-16(15,3)4;1-11-7-10-15(17-11)13(3,4)8-6-9-14(15,5)18-12(2)16;1-6-12(2)11-13-7-9-14(10-8-13)15(3,4)5;1-13(2,3)11-7-5-10(6-8-11)9-12(14)15-4;1-6-14-11(13)10-9(7-8(2)3)12(10,4)5;12-9-11-8-4-7-10-5-2-1-3-6-10;10-2-1-8(14)13-7(9(15)16)3-6-4-11-5-12-6;1-7(2)6-8-9(12-3)11-5-4-10-8;1-2(9)6-3-4(10)8-5(11)7-3/h10-15,17H,4-9H2,1-3H3;5,8,10-11,15H,1,6-7,9,12H2,2-4H3;11H,6-10H2,1-5H3;6-10,12H,1,11H2,2-5H3;5-8H,9H2,1-4H3;7,9-10H,6H2,1-5H3;1-3,5-6H,4,7-8H2;4-5,7H,1-3,10H2,(H,11,12)(H,13,14)(H,15,16);4-5,7H,6H2,1-3H3;3H,1H3,(H,6,9)(H2,7,8,10,11)/b;11-10+;;;;;;;;/t;;;;;;;7-;;/m.......0../s1. The molecule has 2 aliphatic heterocycles. The number of carbonyl (C=O) groups is 9. The number of aliphatic imine (C=N–C) groups is 1.